The van der Waals surface area contributed by atoms with E-state index in [1.54, 1.807) is 24.3 Å². The van der Waals surface area contributed by atoms with E-state index in [-0.39, 0.29) is 5.41 Å². The molecule has 0 radical (unpaired) electrons. The summed E-state index contributed by atoms with van der Waals surface area (Å²) in [6.07, 6.45) is -8.92. The van der Waals surface area contributed by atoms with Gasteiger partial charge >= 0.3 is 12.4 Å². The molecule has 2 heterocycles. The van der Waals surface area contributed by atoms with Crippen molar-refractivity contribution in [2.75, 3.05) is 9.80 Å². The van der Waals surface area contributed by atoms with Gasteiger partial charge in [0.1, 0.15) is 0 Å². The second-order valence-electron chi connectivity index (χ2n) is 21.9. The Morgan fingerprint density at radius 3 is 1.42 bits per heavy atom. The molecule has 74 heavy (non-hydrogen) atoms. The molecule has 0 spiro atoms. The summed E-state index contributed by atoms with van der Waals surface area (Å²) in [5, 5.41) is 6.74. The van der Waals surface area contributed by atoms with Crippen molar-refractivity contribution in [1.82, 2.24) is 4.40 Å². The van der Waals surface area contributed by atoms with Gasteiger partial charge in [-0.1, -0.05) is 65.0 Å². The van der Waals surface area contributed by atoms with Gasteiger partial charge in [0, 0.05) is 61.1 Å². The van der Waals surface area contributed by atoms with E-state index < -0.39 is 28.9 Å². The highest BCUT2D eigenvalue weighted by Gasteiger charge is 2.38. The van der Waals surface area contributed by atoms with Crippen LogP contribution in [0.2, 0.25) is 0 Å². The van der Waals surface area contributed by atoms with Crippen LogP contribution in [0.1, 0.15) is 84.7 Å². The Morgan fingerprint density at radius 2 is 0.878 bits per heavy atom. The van der Waals surface area contributed by atoms with Gasteiger partial charge in [-0.05, 0) is 221 Å². The highest BCUT2D eigenvalue weighted by Crippen LogP contribution is 2.54. The van der Waals surface area contributed by atoms with Gasteiger partial charge in [-0.25, -0.2) is 0 Å². The number of fused-ring (bicyclic) bond motifs is 11. The molecule has 1 aliphatic carbocycles. The third-order valence-electron chi connectivity index (χ3n) is 15.9. The minimum atomic E-state index is -4.46. The van der Waals surface area contributed by atoms with Gasteiger partial charge in [-0.2, -0.15) is 26.3 Å². The summed E-state index contributed by atoms with van der Waals surface area (Å²) in [5.74, 6) is 0. The van der Waals surface area contributed by atoms with Crippen molar-refractivity contribution in [3.63, 3.8) is 0 Å². The van der Waals surface area contributed by atoms with Crippen LogP contribution in [0.15, 0.2) is 158 Å². The van der Waals surface area contributed by atoms with Gasteiger partial charge in [-0.15, -0.1) is 0 Å². The normalized spacial score (nSPS) is 13.7. The topological polar surface area (TPSA) is 10.9 Å². The minimum Gasteiger partial charge on any atom is -0.310 e. The smallest absolute Gasteiger partial charge is 0.310 e. The summed E-state index contributed by atoms with van der Waals surface area (Å²) < 4.78 is 85.4. The van der Waals surface area contributed by atoms with Crippen molar-refractivity contribution in [3.8, 4) is 11.1 Å². The van der Waals surface area contributed by atoms with Crippen LogP contribution in [0.25, 0.3) is 60.0 Å². The SMILES string of the molecule is Cc1ccc(N(c2ccc(C(F)(F)F)cc2)c2ccc3c(c2)C(C)(C)c2cc4ccc5c(c4cc2-3)c2cc(C(C)(C)C)cc3c4ccc(N(c6ccc(C(F)(F)F)cc6)c6ccc(C)c(C)c6)cc4n5c32)cc1C. The van der Waals surface area contributed by atoms with E-state index in [1.165, 1.54) is 11.1 Å². The molecule has 0 aliphatic heterocycles. The quantitative estimate of drug-likeness (QED) is 0.154. The van der Waals surface area contributed by atoms with Gasteiger partial charge in [0.2, 0.25) is 0 Å². The van der Waals surface area contributed by atoms with E-state index in [9.17, 15) is 26.3 Å². The van der Waals surface area contributed by atoms with E-state index in [0.29, 0.717) is 11.4 Å². The first-order valence-electron chi connectivity index (χ1n) is 25.0. The Labute approximate surface area is 426 Å². The summed E-state index contributed by atoms with van der Waals surface area (Å²) >= 11 is 0. The van der Waals surface area contributed by atoms with Gasteiger partial charge in [-0.3, -0.25) is 0 Å². The molecule has 370 valence electrons. The first-order chi connectivity index (χ1) is 35.0. The standard InChI is InChI=1S/C65H53F6N3/c1-36-10-17-46(28-38(36)3)72(44-19-13-41(14-20-44)64(66,67)68)48-23-25-50-53-35-52-40(30-56(53)63(8,9)57(50)33-48)12-27-58-60(52)55-32-43(62(5,6)7)31-54-51-26-24-49(34-59(51)74(58)61(54)55)73(47-18-11-37(2)39(4)29-47)45-21-15-42(16-22-45)65(69,70)71/h10-35H,1-9H3. The molecule has 3 nitrogen and oxygen atoms in total. The van der Waals surface area contributed by atoms with Crippen LogP contribution in [0, 0.1) is 27.7 Å². The maximum absolute atomic E-state index is 13.9. The zero-order chi connectivity index (χ0) is 52.1. The van der Waals surface area contributed by atoms with Crippen molar-refractivity contribution in [2.45, 2.75) is 85.5 Å². The lowest BCUT2D eigenvalue weighted by atomic mass is 9.81. The highest BCUT2D eigenvalue weighted by atomic mass is 19.4. The van der Waals surface area contributed by atoms with E-state index in [4.69, 9.17) is 0 Å². The zero-order valence-electron chi connectivity index (χ0n) is 42.6. The number of halogens is 6. The molecule has 0 fully saturated rings. The Kier molecular flexibility index (Phi) is 10.3. The van der Waals surface area contributed by atoms with Crippen LogP contribution in [0.3, 0.4) is 0 Å². The molecule has 2 aromatic heterocycles. The van der Waals surface area contributed by atoms with Crippen LogP contribution >= 0.6 is 0 Å². The number of hydrogen-bond donors (Lipinski definition) is 0. The number of anilines is 6. The predicted molar refractivity (Wildman–Crippen MR) is 293 cm³/mol. The summed E-state index contributed by atoms with van der Waals surface area (Å²) in [7, 11) is 0. The number of aryl methyl sites for hydroxylation is 4. The second kappa shape index (κ2) is 16.1. The van der Waals surface area contributed by atoms with E-state index in [1.807, 2.05) is 61.8 Å². The molecule has 0 bridgehead atoms. The van der Waals surface area contributed by atoms with Crippen LogP contribution in [0.5, 0.6) is 0 Å². The van der Waals surface area contributed by atoms with E-state index in [0.717, 1.165) is 135 Å². The predicted octanol–water partition coefficient (Wildman–Crippen LogP) is 19.8. The molecule has 0 unspecified atom stereocenters. The number of hydrogen-bond acceptors (Lipinski definition) is 2. The average Bonchev–Trinajstić information content (AvgIpc) is 3.95. The van der Waals surface area contributed by atoms with Crippen LogP contribution in [-0.4, -0.2) is 4.40 Å². The van der Waals surface area contributed by atoms with Crippen LogP contribution < -0.4 is 9.80 Å². The Bertz CT molecular complexity index is 4090. The fraction of sp³-hybridized carbons (Fsp3) is 0.200. The lowest BCUT2D eigenvalue weighted by Gasteiger charge is -2.28. The molecule has 0 N–H and O–H groups in total. The molecule has 0 saturated heterocycles. The fourth-order valence-electron chi connectivity index (χ4n) is 11.5. The summed E-state index contributed by atoms with van der Waals surface area (Å²) in [6.45, 7) is 19.4. The number of benzene rings is 9. The largest absolute Gasteiger partial charge is 0.416 e. The molecular weight excluding hydrogens is 937 g/mol. The van der Waals surface area contributed by atoms with Crippen molar-refractivity contribution in [3.05, 3.63) is 208 Å². The molecule has 0 atom stereocenters. The van der Waals surface area contributed by atoms with Gasteiger partial charge in [0.25, 0.3) is 0 Å². The Balaban J connectivity index is 1.06. The van der Waals surface area contributed by atoms with Gasteiger partial charge < -0.3 is 14.2 Å². The third-order valence-corrected chi connectivity index (χ3v) is 15.9. The zero-order valence-corrected chi connectivity index (χ0v) is 42.6. The Hall–Kier alpha value is -7.78. The highest BCUT2D eigenvalue weighted by molar-refractivity contribution is 6.29. The second-order valence-corrected chi connectivity index (χ2v) is 21.9. The summed E-state index contributed by atoms with van der Waals surface area (Å²) in [4.78, 5) is 4.07. The number of rotatable bonds is 6. The van der Waals surface area contributed by atoms with E-state index >= 15 is 0 Å². The molecule has 9 heteroatoms. The molecular formula is C65H53F6N3. The van der Waals surface area contributed by atoms with Gasteiger partial charge in [0.15, 0.2) is 0 Å². The molecule has 0 amide bonds. The first-order valence-corrected chi connectivity index (χ1v) is 25.0. The molecule has 1 aliphatic rings. The van der Waals surface area contributed by atoms with Crippen molar-refractivity contribution < 1.29 is 26.3 Å². The summed E-state index contributed by atoms with van der Waals surface area (Å²) in [6, 6.07) is 49.7. The lowest BCUT2D eigenvalue weighted by Crippen LogP contribution is -2.17. The fourth-order valence-corrected chi connectivity index (χ4v) is 11.5. The number of alkyl halides is 6. The summed E-state index contributed by atoms with van der Waals surface area (Å²) in [5.41, 5.74) is 15.9. The maximum Gasteiger partial charge on any atom is 0.416 e. The first kappa shape index (κ1) is 47.2. The van der Waals surface area contributed by atoms with E-state index in [2.05, 4.69) is 124 Å². The number of nitrogens with zero attached hydrogens (tertiary/aromatic N) is 3. The molecule has 9 aromatic carbocycles. The molecule has 0 saturated carbocycles. The molecule has 11 aromatic rings. The monoisotopic (exact) mass is 989 g/mol. The van der Waals surface area contributed by atoms with Crippen LogP contribution in [0.4, 0.5) is 60.5 Å². The number of aromatic nitrogens is 1. The van der Waals surface area contributed by atoms with Gasteiger partial charge in [0.05, 0.1) is 27.7 Å². The van der Waals surface area contributed by atoms with Crippen molar-refractivity contribution >= 4 is 83.0 Å². The van der Waals surface area contributed by atoms with Crippen LogP contribution in [-0.2, 0) is 23.2 Å². The minimum absolute atomic E-state index is 0.178. The third kappa shape index (κ3) is 7.32. The maximum atomic E-state index is 13.9. The Morgan fingerprint density at radius 1 is 0.392 bits per heavy atom. The average molecular weight is 990 g/mol. The lowest BCUT2D eigenvalue weighted by molar-refractivity contribution is -0.138. The molecule has 12 rings (SSSR count). The van der Waals surface area contributed by atoms with Crippen molar-refractivity contribution in [1.29, 1.82) is 0 Å². The van der Waals surface area contributed by atoms with Crippen molar-refractivity contribution in [2.24, 2.45) is 0 Å².